The highest BCUT2D eigenvalue weighted by Crippen LogP contribution is 2.31. The zero-order valence-corrected chi connectivity index (χ0v) is 18.8. The molecule has 1 heterocycles. The third-order valence-corrected chi connectivity index (χ3v) is 6.04. The van der Waals surface area contributed by atoms with Crippen LogP contribution in [0.15, 0.2) is 53.4 Å². The van der Waals surface area contributed by atoms with Crippen LogP contribution in [0.1, 0.15) is 31.2 Å². The topological polar surface area (TPSA) is 51.2 Å². The van der Waals surface area contributed by atoms with Crippen LogP contribution >= 0.6 is 23.1 Å². The summed E-state index contributed by atoms with van der Waals surface area (Å²) in [6, 6.07) is 16.1. The number of aryl methyl sites for hydroxylation is 1. The molecule has 29 heavy (non-hydrogen) atoms. The summed E-state index contributed by atoms with van der Waals surface area (Å²) in [5.41, 5.74) is 2.90. The lowest BCUT2D eigenvalue weighted by Crippen LogP contribution is -2.14. The van der Waals surface area contributed by atoms with Crippen LogP contribution < -0.4 is 10.1 Å². The van der Waals surface area contributed by atoms with Gasteiger partial charge in [0.05, 0.1) is 18.7 Å². The summed E-state index contributed by atoms with van der Waals surface area (Å²) in [5.74, 6) is 0.789. The molecule has 0 radical (unpaired) electrons. The summed E-state index contributed by atoms with van der Waals surface area (Å²) in [5, 5.41) is 4.11. The van der Waals surface area contributed by atoms with Crippen LogP contribution in [-0.4, -0.2) is 22.7 Å². The number of amides is 1. The Morgan fingerprint density at radius 2 is 1.83 bits per heavy atom. The predicted octanol–water partition coefficient (Wildman–Crippen LogP) is 6.20. The van der Waals surface area contributed by atoms with E-state index >= 15 is 0 Å². The Morgan fingerprint density at radius 3 is 2.45 bits per heavy atom. The van der Waals surface area contributed by atoms with Gasteiger partial charge < -0.3 is 10.1 Å². The Hall–Kier alpha value is -2.31. The predicted molar refractivity (Wildman–Crippen MR) is 123 cm³/mol. The van der Waals surface area contributed by atoms with E-state index in [2.05, 4.69) is 36.3 Å². The standard InChI is InChI=1S/C23H26N2O2S2/c1-5-27-19-10-8-18(9-11-19)22-16(4)29-23(25-22)24-21(26)14-17-6-12-20(13-7-17)28-15(2)3/h6-13,15H,5,14H2,1-4H3,(H,24,25,26). The molecule has 0 aliphatic rings. The van der Waals surface area contributed by atoms with E-state index in [9.17, 15) is 4.79 Å². The number of hydrogen-bond donors (Lipinski definition) is 1. The van der Waals surface area contributed by atoms with Gasteiger partial charge in [-0.05, 0) is 55.8 Å². The van der Waals surface area contributed by atoms with Gasteiger partial charge in [0.2, 0.25) is 5.91 Å². The summed E-state index contributed by atoms with van der Waals surface area (Å²) >= 11 is 3.31. The molecule has 2 aromatic carbocycles. The Bertz CT molecular complexity index is 948. The number of thioether (sulfide) groups is 1. The molecular weight excluding hydrogens is 400 g/mol. The molecule has 4 nitrogen and oxygen atoms in total. The first-order chi connectivity index (χ1) is 13.9. The van der Waals surface area contributed by atoms with Crippen LogP contribution in [0.4, 0.5) is 5.13 Å². The molecule has 1 N–H and O–H groups in total. The highest BCUT2D eigenvalue weighted by Gasteiger charge is 2.13. The van der Waals surface area contributed by atoms with Crippen LogP contribution in [0, 0.1) is 6.92 Å². The van der Waals surface area contributed by atoms with Crippen molar-refractivity contribution in [2.24, 2.45) is 0 Å². The zero-order chi connectivity index (χ0) is 20.8. The highest BCUT2D eigenvalue weighted by molar-refractivity contribution is 7.99. The molecule has 0 bridgehead atoms. The minimum atomic E-state index is -0.0544. The van der Waals surface area contributed by atoms with Gasteiger partial charge in [-0.1, -0.05) is 26.0 Å². The van der Waals surface area contributed by atoms with Gasteiger partial charge in [0.15, 0.2) is 5.13 Å². The van der Waals surface area contributed by atoms with Crippen molar-refractivity contribution < 1.29 is 9.53 Å². The normalized spacial score (nSPS) is 10.9. The van der Waals surface area contributed by atoms with E-state index < -0.39 is 0 Å². The molecule has 0 saturated heterocycles. The fourth-order valence-corrected chi connectivity index (χ4v) is 4.59. The van der Waals surface area contributed by atoms with E-state index in [1.54, 1.807) is 0 Å². The Morgan fingerprint density at radius 1 is 1.14 bits per heavy atom. The van der Waals surface area contributed by atoms with Crippen LogP contribution in [0.25, 0.3) is 11.3 Å². The second-order valence-corrected chi connectivity index (χ2v) is 9.77. The maximum absolute atomic E-state index is 12.5. The van der Waals surface area contributed by atoms with E-state index in [4.69, 9.17) is 4.74 Å². The van der Waals surface area contributed by atoms with Crippen molar-refractivity contribution in [2.75, 3.05) is 11.9 Å². The second-order valence-electron chi connectivity index (χ2n) is 6.92. The van der Waals surface area contributed by atoms with Crippen molar-refractivity contribution in [2.45, 2.75) is 44.3 Å². The average Bonchev–Trinajstić information content (AvgIpc) is 3.04. The molecule has 1 amide bonds. The molecule has 0 unspecified atom stereocenters. The number of nitrogens with zero attached hydrogens (tertiary/aromatic N) is 1. The third-order valence-electron chi connectivity index (χ3n) is 4.14. The first kappa shape index (κ1) is 21.4. The molecule has 3 rings (SSSR count). The lowest BCUT2D eigenvalue weighted by atomic mass is 10.1. The lowest BCUT2D eigenvalue weighted by Gasteiger charge is -2.06. The maximum Gasteiger partial charge on any atom is 0.230 e. The summed E-state index contributed by atoms with van der Waals surface area (Å²) in [6.45, 7) is 8.97. The van der Waals surface area contributed by atoms with Crippen LogP contribution in [0.3, 0.4) is 0 Å². The van der Waals surface area contributed by atoms with Gasteiger partial charge in [0.1, 0.15) is 5.75 Å². The van der Waals surface area contributed by atoms with Gasteiger partial charge in [0, 0.05) is 20.6 Å². The van der Waals surface area contributed by atoms with Crippen LogP contribution in [0.2, 0.25) is 0 Å². The van der Waals surface area contributed by atoms with E-state index in [1.807, 2.05) is 62.0 Å². The number of carbonyl (C=O) groups excluding carboxylic acids is 1. The first-order valence-electron chi connectivity index (χ1n) is 9.70. The molecule has 0 aliphatic carbocycles. The van der Waals surface area contributed by atoms with E-state index in [1.165, 1.54) is 16.2 Å². The molecule has 152 valence electrons. The average molecular weight is 427 g/mol. The number of aromatic nitrogens is 1. The van der Waals surface area contributed by atoms with Gasteiger partial charge in [-0.15, -0.1) is 23.1 Å². The smallest absolute Gasteiger partial charge is 0.230 e. The van der Waals surface area contributed by atoms with Crippen molar-refractivity contribution in [1.29, 1.82) is 0 Å². The van der Waals surface area contributed by atoms with E-state index in [0.29, 0.717) is 23.4 Å². The van der Waals surface area contributed by atoms with Crippen molar-refractivity contribution in [1.82, 2.24) is 4.98 Å². The molecule has 0 atom stereocenters. The van der Waals surface area contributed by atoms with Gasteiger partial charge in [-0.25, -0.2) is 4.98 Å². The molecule has 0 aliphatic heterocycles. The quantitative estimate of drug-likeness (QED) is 0.436. The molecule has 0 fully saturated rings. The minimum absolute atomic E-state index is 0.0544. The maximum atomic E-state index is 12.5. The lowest BCUT2D eigenvalue weighted by molar-refractivity contribution is -0.115. The number of ether oxygens (including phenoxy) is 1. The van der Waals surface area contributed by atoms with Gasteiger partial charge in [-0.3, -0.25) is 4.79 Å². The van der Waals surface area contributed by atoms with Crippen molar-refractivity contribution in [3.8, 4) is 17.0 Å². The molecule has 1 aromatic heterocycles. The summed E-state index contributed by atoms with van der Waals surface area (Å²) in [7, 11) is 0. The number of carbonyl (C=O) groups is 1. The van der Waals surface area contributed by atoms with E-state index in [0.717, 1.165) is 27.4 Å². The third kappa shape index (κ3) is 6.08. The first-order valence-corrected chi connectivity index (χ1v) is 11.4. The number of hydrogen-bond acceptors (Lipinski definition) is 5. The zero-order valence-electron chi connectivity index (χ0n) is 17.2. The summed E-state index contributed by atoms with van der Waals surface area (Å²) < 4.78 is 5.49. The van der Waals surface area contributed by atoms with Gasteiger partial charge in [-0.2, -0.15) is 0 Å². The molecule has 0 saturated carbocycles. The van der Waals surface area contributed by atoms with Crippen LogP contribution in [-0.2, 0) is 11.2 Å². The Balaban J connectivity index is 1.63. The number of nitrogens with one attached hydrogen (secondary N) is 1. The molecule has 6 heteroatoms. The molecule has 3 aromatic rings. The molecule has 0 spiro atoms. The van der Waals surface area contributed by atoms with Crippen molar-refractivity contribution >= 4 is 34.1 Å². The Labute approximate surface area is 180 Å². The fourth-order valence-electron chi connectivity index (χ4n) is 2.90. The van der Waals surface area contributed by atoms with E-state index in [-0.39, 0.29) is 5.91 Å². The number of anilines is 1. The Kier molecular flexibility index (Phi) is 7.34. The number of thiazole rings is 1. The highest BCUT2D eigenvalue weighted by atomic mass is 32.2. The summed E-state index contributed by atoms with van der Waals surface area (Å²) in [4.78, 5) is 19.4. The van der Waals surface area contributed by atoms with Gasteiger partial charge in [0.25, 0.3) is 0 Å². The van der Waals surface area contributed by atoms with Crippen LogP contribution in [0.5, 0.6) is 5.75 Å². The van der Waals surface area contributed by atoms with Crippen molar-refractivity contribution in [3.63, 3.8) is 0 Å². The van der Waals surface area contributed by atoms with Gasteiger partial charge >= 0.3 is 0 Å². The summed E-state index contributed by atoms with van der Waals surface area (Å²) in [6.07, 6.45) is 0.337. The SMILES string of the molecule is CCOc1ccc(-c2nc(NC(=O)Cc3ccc(SC(C)C)cc3)sc2C)cc1. The molecular formula is C23H26N2O2S2. The minimum Gasteiger partial charge on any atom is -0.494 e. The van der Waals surface area contributed by atoms with Crippen molar-refractivity contribution in [3.05, 3.63) is 59.0 Å². The largest absolute Gasteiger partial charge is 0.494 e. The number of benzene rings is 2. The second kappa shape index (κ2) is 9.94. The number of rotatable bonds is 8. The monoisotopic (exact) mass is 426 g/mol. The fraction of sp³-hybridized carbons (Fsp3) is 0.304.